The van der Waals surface area contributed by atoms with Crippen LogP contribution < -0.4 is 5.32 Å². The highest BCUT2D eigenvalue weighted by Crippen LogP contribution is 2.28. The fourth-order valence-corrected chi connectivity index (χ4v) is 2.97. The number of fused-ring (bicyclic) bond motifs is 1. The Bertz CT molecular complexity index is 957. The number of aromatic amines is 1. The lowest BCUT2D eigenvalue weighted by atomic mass is 9.85. The van der Waals surface area contributed by atoms with Gasteiger partial charge in [-0.1, -0.05) is 50.6 Å². The molecule has 0 unspecified atom stereocenters. The Morgan fingerprint density at radius 2 is 1.89 bits per heavy atom. The number of anilines is 1. The summed E-state index contributed by atoms with van der Waals surface area (Å²) >= 11 is 0. The van der Waals surface area contributed by atoms with E-state index in [9.17, 15) is 9.59 Å². The predicted molar refractivity (Wildman–Crippen MR) is 105 cm³/mol. The standard InChI is InChI=1S/C20H23N5O3/c1-4-12(2)15(14-8-6-5-7-9-14)20(27)28-13(3)19(26)25-18-16-17(22-10-21-16)23-11-24-18/h5-13,15H,4H2,1-3H3,(H2,21,22,23,24,25,26)/t12-,13-,15-/m0/s1. The third kappa shape index (κ3) is 4.16. The molecule has 8 heteroatoms. The first kappa shape index (κ1) is 19.5. The van der Waals surface area contributed by atoms with E-state index >= 15 is 0 Å². The number of ether oxygens (including phenoxy) is 1. The number of nitrogens with zero attached hydrogens (tertiary/aromatic N) is 3. The molecule has 8 nitrogen and oxygen atoms in total. The van der Waals surface area contributed by atoms with Gasteiger partial charge in [-0.2, -0.15) is 0 Å². The number of hydrogen-bond donors (Lipinski definition) is 2. The molecular formula is C20H23N5O3. The number of rotatable bonds is 7. The molecule has 0 bridgehead atoms. The molecule has 1 aromatic carbocycles. The van der Waals surface area contributed by atoms with Gasteiger partial charge in [0.15, 0.2) is 17.6 Å². The van der Waals surface area contributed by atoms with Crippen molar-refractivity contribution in [3.05, 3.63) is 48.5 Å². The molecule has 146 valence electrons. The summed E-state index contributed by atoms with van der Waals surface area (Å²) in [5.41, 5.74) is 1.83. The molecule has 2 heterocycles. The van der Waals surface area contributed by atoms with Gasteiger partial charge in [-0.05, 0) is 18.4 Å². The molecule has 2 aromatic heterocycles. The van der Waals surface area contributed by atoms with Crippen LogP contribution in [0.15, 0.2) is 43.0 Å². The van der Waals surface area contributed by atoms with Crippen LogP contribution in [-0.4, -0.2) is 37.9 Å². The number of carbonyl (C=O) groups excluding carboxylic acids is 2. The first-order valence-corrected chi connectivity index (χ1v) is 9.21. The lowest BCUT2D eigenvalue weighted by Gasteiger charge is -2.23. The van der Waals surface area contributed by atoms with Gasteiger partial charge in [0.25, 0.3) is 5.91 Å². The van der Waals surface area contributed by atoms with Crippen LogP contribution in [0.3, 0.4) is 0 Å². The number of aromatic nitrogens is 4. The van der Waals surface area contributed by atoms with Crippen LogP contribution in [0.25, 0.3) is 11.2 Å². The van der Waals surface area contributed by atoms with Gasteiger partial charge >= 0.3 is 5.97 Å². The van der Waals surface area contributed by atoms with Crippen molar-refractivity contribution >= 4 is 28.9 Å². The molecular weight excluding hydrogens is 358 g/mol. The van der Waals surface area contributed by atoms with Crippen LogP contribution in [0.1, 0.15) is 38.7 Å². The summed E-state index contributed by atoms with van der Waals surface area (Å²) in [5, 5.41) is 2.66. The minimum Gasteiger partial charge on any atom is -0.452 e. The van der Waals surface area contributed by atoms with E-state index in [0.29, 0.717) is 11.2 Å². The number of amides is 1. The molecule has 0 aliphatic carbocycles. The van der Waals surface area contributed by atoms with E-state index in [4.69, 9.17) is 4.74 Å². The fraction of sp³-hybridized carbons (Fsp3) is 0.350. The van der Waals surface area contributed by atoms with Gasteiger partial charge in [0.05, 0.1) is 12.2 Å². The second-order valence-electron chi connectivity index (χ2n) is 6.67. The fourth-order valence-electron chi connectivity index (χ4n) is 2.97. The van der Waals surface area contributed by atoms with Crippen molar-refractivity contribution in [3.63, 3.8) is 0 Å². The number of imidazole rings is 1. The van der Waals surface area contributed by atoms with E-state index in [-0.39, 0.29) is 11.7 Å². The second-order valence-corrected chi connectivity index (χ2v) is 6.67. The molecule has 0 saturated heterocycles. The van der Waals surface area contributed by atoms with E-state index in [1.165, 1.54) is 19.6 Å². The van der Waals surface area contributed by atoms with Crippen molar-refractivity contribution in [1.82, 2.24) is 19.9 Å². The number of carbonyl (C=O) groups is 2. The molecule has 0 spiro atoms. The summed E-state index contributed by atoms with van der Waals surface area (Å²) < 4.78 is 5.50. The Morgan fingerprint density at radius 3 is 2.61 bits per heavy atom. The summed E-state index contributed by atoms with van der Waals surface area (Å²) in [6.45, 7) is 5.56. The largest absolute Gasteiger partial charge is 0.452 e. The third-order valence-corrected chi connectivity index (χ3v) is 4.75. The minimum absolute atomic E-state index is 0.0802. The summed E-state index contributed by atoms with van der Waals surface area (Å²) in [5.74, 6) is -0.954. The summed E-state index contributed by atoms with van der Waals surface area (Å²) in [6, 6.07) is 9.48. The summed E-state index contributed by atoms with van der Waals surface area (Å²) in [7, 11) is 0. The van der Waals surface area contributed by atoms with Gasteiger partial charge < -0.3 is 15.0 Å². The molecule has 0 fully saturated rings. The maximum atomic E-state index is 12.8. The molecule has 0 saturated carbocycles. The van der Waals surface area contributed by atoms with Crippen LogP contribution in [0.5, 0.6) is 0 Å². The molecule has 0 aliphatic rings. The van der Waals surface area contributed by atoms with Gasteiger partial charge in [-0.3, -0.25) is 9.59 Å². The Kier molecular flexibility index (Phi) is 5.98. The first-order valence-electron chi connectivity index (χ1n) is 9.21. The molecule has 3 rings (SSSR count). The Balaban J connectivity index is 1.71. The maximum Gasteiger partial charge on any atom is 0.314 e. The van der Waals surface area contributed by atoms with Crippen LogP contribution in [0.2, 0.25) is 0 Å². The van der Waals surface area contributed by atoms with Crippen molar-refractivity contribution in [2.75, 3.05) is 5.32 Å². The lowest BCUT2D eigenvalue weighted by Crippen LogP contribution is -2.33. The normalized spacial score (nSPS) is 14.2. The number of H-pyrrole nitrogens is 1. The SMILES string of the molecule is CC[C@H](C)[C@H](C(=O)O[C@@H](C)C(=O)Nc1ncnc2nc[nH]c12)c1ccccc1. The zero-order valence-electron chi connectivity index (χ0n) is 16.0. The first-order chi connectivity index (χ1) is 13.5. The molecule has 0 aliphatic heterocycles. The van der Waals surface area contributed by atoms with E-state index in [2.05, 4.69) is 25.3 Å². The Morgan fingerprint density at radius 1 is 1.14 bits per heavy atom. The average Bonchev–Trinajstić information content (AvgIpc) is 3.18. The maximum absolute atomic E-state index is 12.8. The van der Waals surface area contributed by atoms with E-state index in [1.807, 2.05) is 44.2 Å². The monoisotopic (exact) mass is 381 g/mol. The highest BCUT2D eigenvalue weighted by Gasteiger charge is 2.30. The van der Waals surface area contributed by atoms with Gasteiger partial charge in [-0.25, -0.2) is 15.0 Å². The van der Waals surface area contributed by atoms with Gasteiger partial charge in [0.2, 0.25) is 0 Å². The van der Waals surface area contributed by atoms with E-state index < -0.39 is 23.9 Å². The number of benzene rings is 1. The number of hydrogen-bond acceptors (Lipinski definition) is 6. The summed E-state index contributed by atoms with van der Waals surface area (Å²) in [4.78, 5) is 40.3. The van der Waals surface area contributed by atoms with Crippen molar-refractivity contribution in [2.24, 2.45) is 5.92 Å². The quantitative estimate of drug-likeness (QED) is 0.609. The number of nitrogens with one attached hydrogen (secondary N) is 2. The van der Waals surface area contributed by atoms with Crippen molar-refractivity contribution in [3.8, 4) is 0 Å². The zero-order chi connectivity index (χ0) is 20.1. The lowest BCUT2D eigenvalue weighted by molar-refractivity contribution is -0.155. The van der Waals surface area contributed by atoms with Crippen LogP contribution in [0, 0.1) is 5.92 Å². The van der Waals surface area contributed by atoms with E-state index in [1.54, 1.807) is 0 Å². The highest BCUT2D eigenvalue weighted by atomic mass is 16.5. The zero-order valence-corrected chi connectivity index (χ0v) is 16.0. The predicted octanol–water partition coefficient (Wildman–Crippen LogP) is 3.05. The van der Waals surface area contributed by atoms with Crippen molar-refractivity contribution in [1.29, 1.82) is 0 Å². The minimum atomic E-state index is -0.976. The smallest absolute Gasteiger partial charge is 0.314 e. The Labute approximate surface area is 162 Å². The Hall–Kier alpha value is -3.29. The van der Waals surface area contributed by atoms with Gasteiger partial charge in [-0.15, -0.1) is 0 Å². The molecule has 28 heavy (non-hydrogen) atoms. The van der Waals surface area contributed by atoms with Gasteiger partial charge in [0.1, 0.15) is 11.8 Å². The third-order valence-electron chi connectivity index (χ3n) is 4.75. The van der Waals surface area contributed by atoms with Crippen LogP contribution >= 0.6 is 0 Å². The van der Waals surface area contributed by atoms with Crippen molar-refractivity contribution < 1.29 is 14.3 Å². The van der Waals surface area contributed by atoms with Crippen molar-refractivity contribution in [2.45, 2.75) is 39.2 Å². The molecule has 3 aromatic rings. The average molecular weight is 381 g/mol. The second kappa shape index (κ2) is 8.60. The molecule has 1 amide bonds. The van der Waals surface area contributed by atoms with E-state index in [0.717, 1.165) is 12.0 Å². The van der Waals surface area contributed by atoms with Crippen LogP contribution in [0.4, 0.5) is 5.82 Å². The van der Waals surface area contributed by atoms with Gasteiger partial charge in [0, 0.05) is 0 Å². The number of esters is 1. The van der Waals surface area contributed by atoms with Crippen LogP contribution in [-0.2, 0) is 14.3 Å². The highest BCUT2D eigenvalue weighted by molar-refractivity contribution is 5.99. The molecule has 0 radical (unpaired) electrons. The molecule has 3 atom stereocenters. The molecule has 2 N–H and O–H groups in total. The summed E-state index contributed by atoms with van der Waals surface area (Å²) in [6.07, 6.45) is 2.61. The topological polar surface area (TPSA) is 110 Å².